The van der Waals surface area contributed by atoms with E-state index in [4.69, 9.17) is 11.6 Å². The fourth-order valence-corrected chi connectivity index (χ4v) is 4.46. The molecule has 1 aromatic rings. The lowest BCUT2D eigenvalue weighted by Crippen LogP contribution is -2.38. The van der Waals surface area contributed by atoms with Gasteiger partial charge in [0.1, 0.15) is 0 Å². The number of hydrogen-bond donors (Lipinski definition) is 0. The smallest absolute Gasteiger partial charge is 0.207 e. The van der Waals surface area contributed by atoms with Crippen LogP contribution in [0.1, 0.15) is 12.8 Å². The second-order valence-electron chi connectivity index (χ2n) is 4.46. The first-order valence-corrected chi connectivity index (χ1v) is 8.62. The molecule has 1 aromatic carbocycles. The van der Waals surface area contributed by atoms with Crippen molar-refractivity contribution in [3.63, 3.8) is 0 Å². The normalized spacial score (nSPS) is 19.0. The van der Waals surface area contributed by atoms with E-state index in [-0.39, 0.29) is 0 Å². The number of hydrogen-bond acceptors (Lipinski definition) is 2. The van der Waals surface area contributed by atoms with Crippen molar-refractivity contribution >= 4 is 37.6 Å². The molecule has 6 heteroatoms. The first-order chi connectivity index (χ1) is 8.54. The van der Waals surface area contributed by atoms with E-state index in [1.165, 1.54) is 0 Å². The van der Waals surface area contributed by atoms with Gasteiger partial charge in [0, 0.05) is 23.4 Å². The molecule has 18 heavy (non-hydrogen) atoms. The van der Waals surface area contributed by atoms with Crippen LogP contribution < -0.4 is 0 Å². The Labute approximate surface area is 121 Å². The Bertz CT molecular complexity index is 513. The Morgan fingerprint density at radius 3 is 2.56 bits per heavy atom. The van der Waals surface area contributed by atoms with Gasteiger partial charge in [-0.1, -0.05) is 22.0 Å². The minimum atomic E-state index is -3.36. The summed E-state index contributed by atoms with van der Waals surface area (Å²) in [5, 5.41) is 0. The topological polar surface area (TPSA) is 37.4 Å². The molecule has 3 nitrogen and oxygen atoms in total. The fourth-order valence-electron chi connectivity index (χ4n) is 2.08. The largest absolute Gasteiger partial charge is 0.243 e. The third kappa shape index (κ3) is 3.07. The molecule has 0 radical (unpaired) electrons. The average molecular weight is 353 g/mol. The molecule has 0 atom stereocenters. The molecule has 1 aliphatic heterocycles. The summed E-state index contributed by atoms with van der Waals surface area (Å²) >= 11 is 9.10. The summed E-state index contributed by atoms with van der Waals surface area (Å²) in [5.41, 5.74) is 0. The maximum atomic E-state index is 12.4. The number of nitrogens with zero attached hydrogens (tertiary/aromatic N) is 1. The Balaban J connectivity index is 2.17. The van der Waals surface area contributed by atoms with E-state index in [1.54, 1.807) is 22.5 Å². The zero-order chi connectivity index (χ0) is 13.2. The lowest BCUT2D eigenvalue weighted by Gasteiger charge is -2.30. The molecule has 0 bridgehead atoms. The van der Waals surface area contributed by atoms with Gasteiger partial charge in [0.05, 0.1) is 4.90 Å². The van der Waals surface area contributed by atoms with E-state index in [9.17, 15) is 8.42 Å². The Morgan fingerprint density at radius 1 is 1.33 bits per heavy atom. The second-order valence-corrected chi connectivity index (χ2v) is 7.62. The van der Waals surface area contributed by atoms with Gasteiger partial charge in [-0.2, -0.15) is 4.31 Å². The molecule has 1 aliphatic rings. The number of alkyl halides is 1. The van der Waals surface area contributed by atoms with Crippen molar-refractivity contribution in [1.82, 2.24) is 4.31 Å². The molecule has 2 rings (SSSR count). The highest BCUT2D eigenvalue weighted by Crippen LogP contribution is 2.25. The minimum absolute atomic E-state index is 0.348. The zero-order valence-corrected chi connectivity index (χ0v) is 13.0. The predicted molar refractivity (Wildman–Crippen MR) is 76.3 cm³/mol. The molecule has 0 aromatic heterocycles. The van der Waals surface area contributed by atoms with Crippen molar-refractivity contribution < 1.29 is 8.42 Å². The van der Waals surface area contributed by atoms with Gasteiger partial charge in [-0.25, -0.2) is 8.42 Å². The van der Waals surface area contributed by atoms with Gasteiger partial charge in [0.25, 0.3) is 0 Å². The van der Waals surface area contributed by atoms with Crippen LogP contribution >= 0.6 is 27.5 Å². The van der Waals surface area contributed by atoms with Crippen LogP contribution in [0.25, 0.3) is 0 Å². The Kier molecular flexibility index (Phi) is 4.69. The van der Waals surface area contributed by atoms with E-state index in [0.29, 0.717) is 29.8 Å². The van der Waals surface area contributed by atoms with Gasteiger partial charge in [-0.15, -0.1) is 11.6 Å². The van der Waals surface area contributed by atoms with Crippen molar-refractivity contribution in [3.8, 4) is 0 Å². The number of benzene rings is 1. The summed E-state index contributed by atoms with van der Waals surface area (Å²) in [6.45, 7) is 1.12. The molecule has 100 valence electrons. The zero-order valence-electron chi connectivity index (χ0n) is 9.85. The molecular formula is C12H15BrClNO2S. The molecule has 0 spiro atoms. The number of sulfonamides is 1. The molecule has 0 aliphatic carbocycles. The monoisotopic (exact) mass is 351 g/mol. The van der Waals surface area contributed by atoms with Gasteiger partial charge in [-0.3, -0.25) is 0 Å². The SMILES string of the molecule is O=S(=O)(c1cccc(Br)c1)N1CCC(CCl)CC1. The number of halogens is 2. The standard InChI is InChI=1S/C12H15BrClNO2S/c13-11-2-1-3-12(8-11)18(16,17)15-6-4-10(9-14)5-7-15/h1-3,8,10H,4-7,9H2. The van der Waals surface area contributed by atoms with Crippen molar-refractivity contribution in [2.24, 2.45) is 5.92 Å². The number of piperidine rings is 1. The van der Waals surface area contributed by atoms with Crippen LogP contribution in [0.3, 0.4) is 0 Å². The second kappa shape index (κ2) is 5.90. The molecule has 0 unspecified atom stereocenters. The summed E-state index contributed by atoms with van der Waals surface area (Å²) in [6.07, 6.45) is 1.69. The van der Waals surface area contributed by atoms with Crippen molar-refractivity contribution in [1.29, 1.82) is 0 Å². The van der Waals surface area contributed by atoms with Crippen LogP contribution in [0.4, 0.5) is 0 Å². The van der Waals surface area contributed by atoms with Crippen LogP contribution in [0, 0.1) is 5.92 Å². The molecule has 0 N–H and O–H groups in total. The summed E-state index contributed by atoms with van der Waals surface area (Å²) in [5.74, 6) is 1.06. The van der Waals surface area contributed by atoms with Crippen LogP contribution in [-0.2, 0) is 10.0 Å². The van der Waals surface area contributed by atoms with Crippen LogP contribution in [-0.4, -0.2) is 31.7 Å². The average Bonchev–Trinajstić information content (AvgIpc) is 2.39. The molecule has 1 fully saturated rings. The van der Waals surface area contributed by atoms with E-state index in [0.717, 1.165) is 17.3 Å². The Hall–Kier alpha value is -0.100. The van der Waals surface area contributed by atoms with E-state index in [1.807, 2.05) is 6.07 Å². The van der Waals surface area contributed by atoms with Crippen molar-refractivity contribution in [2.45, 2.75) is 17.7 Å². The minimum Gasteiger partial charge on any atom is -0.207 e. The number of rotatable bonds is 3. The highest BCUT2D eigenvalue weighted by atomic mass is 79.9. The van der Waals surface area contributed by atoms with Crippen molar-refractivity contribution in [3.05, 3.63) is 28.7 Å². The summed E-state index contributed by atoms with van der Waals surface area (Å²) in [4.78, 5) is 0.348. The fraction of sp³-hybridized carbons (Fsp3) is 0.500. The van der Waals surface area contributed by atoms with Gasteiger partial charge in [0.15, 0.2) is 0 Å². The van der Waals surface area contributed by atoms with Crippen molar-refractivity contribution in [2.75, 3.05) is 19.0 Å². The van der Waals surface area contributed by atoms with Gasteiger partial charge in [-0.05, 0) is 37.0 Å². The van der Waals surface area contributed by atoms with E-state index >= 15 is 0 Å². The lowest BCUT2D eigenvalue weighted by molar-refractivity contribution is 0.290. The maximum Gasteiger partial charge on any atom is 0.243 e. The summed E-state index contributed by atoms with van der Waals surface area (Å²) < 4.78 is 27.1. The maximum absolute atomic E-state index is 12.4. The predicted octanol–water partition coefficient (Wildman–Crippen LogP) is 3.09. The summed E-state index contributed by atoms with van der Waals surface area (Å²) in [6, 6.07) is 6.83. The Morgan fingerprint density at radius 2 is 2.00 bits per heavy atom. The third-order valence-electron chi connectivity index (χ3n) is 3.23. The van der Waals surface area contributed by atoms with Crippen LogP contribution in [0.15, 0.2) is 33.6 Å². The van der Waals surface area contributed by atoms with E-state index < -0.39 is 10.0 Å². The van der Waals surface area contributed by atoms with Gasteiger partial charge in [0.2, 0.25) is 10.0 Å². The third-order valence-corrected chi connectivity index (χ3v) is 6.05. The van der Waals surface area contributed by atoms with Gasteiger partial charge < -0.3 is 0 Å². The molecule has 0 amide bonds. The van der Waals surface area contributed by atoms with Crippen LogP contribution in [0.2, 0.25) is 0 Å². The van der Waals surface area contributed by atoms with Gasteiger partial charge >= 0.3 is 0 Å². The highest BCUT2D eigenvalue weighted by molar-refractivity contribution is 9.10. The molecule has 1 heterocycles. The molecule has 1 saturated heterocycles. The first-order valence-electron chi connectivity index (χ1n) is 5.85. The highest BCUT2D eigenvalue weighted by Gasteiger charge is 2.28. The first kappa shape index (κ1) is 14.3. The van der Waals surface area contributed by atoms with Crippen LogP contribution in [0.5, 0.6) is 0 Å². The molecular weight excluding hydrogens is 338 g/mol. The summed E-state index contributed by atoms with van der Waals surface area (Å²) in [7, 11) is -3.36. The van der Waals surface area contributed by atoms with E-state index in [2.05, 4.69) is 15.9 Å². The molecule has 0 saturated carbocycles. The lowest BCUT2D eigenvalue weighted by atomic mass is 10.0. The quantitative estimate of drug-likeness (QED) is 0.784.